The van der Waals surface area contributed by atoms with Crippen LogP contribution in [-0.4, -0.2) is 10.8 Å². The molecule has 0 saturated heterocycles. The lowest BCUT2D eigenvalue weighted by molar-refractivity contribution is -0.686. The fourth-order valence-corrected chi connectivity index (χ4v) is 2.15. The summed E-state index contributed by atoms with van der Waals surface area (Å²) >= 11 is 0. The Balaban J connectivity index is 0.00000192. The fourth-order valence-electron chi connectivity index (χ4n) is 2.15. The third-order valence-electron chi connectivity index (χ3n) is 3.33. The van der Waals surface area contributed by atoms with E-state index in [9.17, 15) is 9.18 Å². The summed E-state index contributed by atoms with van der Waals surface area (Å²) in [6.45, 7) is 0.174. The van der Waals surface area contributed by atoms with Crippen LogP contribution in [0.1, 0.15) is 10.4 Å². The van der Waals surface area contributed by atoms with Crippen LogP contribution in [0.15, 0.2) is 73.2 Å². The van der Waals surface area contributed by atoms with Crippen molar-refractivity contribution in [3.05, 3.63) is 84.6 Å². The second kappa shape index (κ2) is 7.74. The number of aromatic nitrogens is 2. The predicted molar refractivity (Wildman–Crippen MR) is 90.9 cm³/mol. The zero-order valence-electron chi connectivity index (χ0n) is 12.2. The van der Waals surface area contributed by atoms with Crippen molar-refractivity contribution in [1.82, 2.24) is 4.98 Å². The van der Waals surface area contributed by atoms with Gasteiger partial charge in [0.2, 0.25) is 5.78 Å². The number of nitrogens with zero attached hydrogens (tertiary/aromatic N) is 2. The maximum absolute atomic E-state index is 12.9. The lowest BCUT2D eigenvalue weighted by Gasteiger charge is -2.01. The van der Waals surface area contributed by atoms with E-state index in [0.717, 1.165) is 11.3 Å². The van der Waals surface area contributed by atoms with Crippen LogP contribution in [0, 0.1) is 5.82 Å². The second-order valence-corrected chi connectivity index (χ2v) is 4.91. The van der Waals surface area contributed by atoms with E-state index in [2.05, 4.69) is 4.98 Å². The molecule has 0 unspecified atom stereocenters. The Bertz CT molecular complexity index is 774. The van der Waals surface area contributed by atoms with Gasteiger partial charge in [0.05, 0.1) is 6.20 Å². The molecule has 0 radical (unpaired) electrons. The van der Waals surface area contributed by atoms with Crippen LogP contribution in [-0.2, 0) is 6.54 Å². The second-order valence-electron chi connectivity index (χ2n) is 4.91. The van der Waals surface area contributed by atoms with Crippen molar-refractivity contribution < 1.29 is 13.8 Å². The van der Waals surface area contributed by atoms with Crippen LogP contribution >= 0.6 is 17.0 Å². The first kappa shape index (κ1) is 17.0. The van der Waals surface area contributed by atoms with E-state index in [1.54, 1.807) is 10.9 Å². The quantitative estimate of drug-likeness (QED) is 0.516. The van der Waals surface area contributed by atoms with Crippen molar-refractivity contribution >= 4 is 22.8 Å². The normalized spacial score (nSPS) is 9.96. The molecule has 2 aromatic carbocycles. The van der Waals surface area contributed by atoms with E-state index < -0.39 is 0 Å². The van der Waals surface area contributed by atoms with Crippen LogP contribution in [0.5, 0.6) is 0 Å². The highest BCUT2D eigenvalue weighted by Crippen LogP contribution is 2.13. The Hall–Kier alpha value is -2.40. The molecule has 0 spiro atoms. The van der Waals surface area contributed by atoms with E-state index >= 15 is 0 Å². The molecule has 0 bridgehead atoms. The maximum Gasteiger partial charge on any atom is 0.287 e. The summed E-state index contributed by atoms with van der Waals surface area (Å²) in [5, 5.41) is 0. The smallest absolute Gasteiger partial charge is 0.287 e. The Labute approximate surface area is 144 Å². The topological polar surface area (TPSA) is 33.8 Å². The van der Waals surface area contributed by atoms with Gasteiger partial charge in [-0.1, -0.05) is 30.3 Å². The molecule has 23 heavy (non-hydrogen) atoms. The molecule has 0 saturated carbocycles. The minimum absolute atomic E-state index is 0. The molecule has 1 heterocycles. The predicted octanol–water partition coefficient (Wildman–Crippen LogP) is 3.64. The van der Waals surface area contributed by atoms with Gasteiger partial charge in [-0.25, -0.2) is 8.96 Å². The highest BCUT2D eigenvalue weighted by molar-refractivity contribution is 8.93. The van der Waals surface area contributed by atoms with Gasteiger partial charge in [0.25, 0.3) is 6.33 Å². The summed E-state index contributed by atoms with van der Waals surface area (Å²) in [6.07, 6.45) is 3.44. The Morgan fingerprint density at radius 1 is 1.00 bits per heavy atom. The van der Waals surface area contributed by atoms with E-state index in [1.807, 2.05) is 42.6 Å². The number of benzene rings is 2. The van der Waals surface area contributed by atoms with Crippen molar-refractivity contribution in [3.8, 4) is 11.3 Å². The highest BCUT2D eigenvalue weighted by atomic mass is 79.9. The molecule has 5 heteroatoms. The summed E-state index contributed by atoms with van der Waals surface area (Å²) in [4.78, 5) is 16.5. The lowest BCUT2D eigenvalue weighted by atomic mass is 10.1. The average molecular weight is 374 g/mol. The van der Waals surface area contributed by atoms with Gasteiger partial charge in [-0.15, -0.1) is 17.0 Å². The van der Waals surface area contributed by atoms with Crippen LogP contribution in [0.2, 0.25) is 0 Å². The summed E-state index contributed by atoms with van der Waals surface area (Å²) in [5.74, 6) is -0.433. The molecule has 1 aromatic heterocycles. The van der Waals surface area contributed by atoms with Gasteiger partial charge in [0.1, 0.15) is 5.82 Å². The number of Topliss-reactive ketones (excluding diaryl/α,β-unsaturated/α-hetero) is 1. The van der Waals surface area contributed by atoms with E-state index in [4.69, 9.17) is 0 Å². The van der Waals surface area contributed by atoms with Crippen molar-refractivity contribution in [2.24, 2.45) is 0 Å². The lowest BCUT2D eigenvalue weighted by Crippen LogP contribution is -2.37. The number of hydrogen-bond acceptors (Lipinski definition) is 2. The Morgan fingerprint density at radius 3 is 2.30 bits per heavy atom. The number of carbonyl (C=O) groups is 1. The summed E-state index contributed by atoms with van der Waals surface area (Å²) < 4.78 is 14.6. The molecule has 0 fully saturated rings. The average Bonchev–Trinajstić information content (AvgIpc) is 2.57. The Kier molecular flexibility index (Phi) is 5.71. The molecule has 0 aliphatic carbocycles. The van der Waals surface area contributed by atoms with Gasteiger partial charge in [-0.2, -0.15) is 0 Å². The van der Waals surface area contributed by atoms with Gasteiger partial charge >= 0.3 is 0 Å². The Morgan fingerprint density at radius 2 is 1.70 bits per heavy atom. The van der Waals surface area contributed by atoms with Crippen LogP contribution in [0.4, 0.5) is 4.39 Å². The van der Waals surface area contributed by atoms with E-state index in [0.29, 0.717) is 5.56 Å². The van der Waals surface area contributed by atoms with E-state index in [-0.39, 0.29) is 35.1 Å². The third-order valence-corrected chi connectivity index (χ3v) is 3.33. The summed E-state index contributed by atoms with van der Waals surface area (Å²) in [6, 6.07) is 17.2. The number of hydrogen-bond donors (Lipinski definition) is 0. The number of ketones is 1. The van der Waals surface area contributed by atoms with Crippen LogP contribution < -0.4 is 4.57 Å². The van der Waals surface area contributed by atoms with Gasteiger partial charge in [0.15, 0.2) is 12.2 Å². The first-order valence-electron chi connectivity index (χ1n) is 6.92. The largest absolute Gasteiger partial charge is 0.290 e. The molecular weight excluding hydrogens is 359 g/mol. The van der Waals surface area contributed by atoms with Gasteiger partial charge in [0, 0.05) is 17.2 Å². The zero-order chi connectivity index (χ0) is 15.4. The van der Waals surface area contributed by atoms with E-state index in [1.165, 1.54) is 24.3 Å². The molecule has 3 aromatic rings. The van der Waals surface area contributed by atoms with Crippen LogP contribution in [0.25, 0.3) is 11.3 Å². The molecule has 0 N–H and O–H groups in total. The standard InChI is InChI=1S/C18H14FN2O.BrH/c19-16-8-6-15(7-9-16)18(22)12-21-11-10-17(20-13-21)14-4-2-1-3-5-14;/h1-11,13H,12H2;1H/q+1;. The van der Waals surface area contributed by atoms with Crippen molar-refractivity contribution in [1.29, 1.82) is 0 Å². The minimum atomic E-state index is -0.349. The van der Waals surface area contributed by atoms with Gasteiger partial charge in [-0.05, 0) is 29.2 Å². The molecular formula is C18H15BrFN2O+. The SMILES string of the molecule is Br.O=C(C[n+]1ccc(-c2ccccc2)nc1)c1ccc(F)cc1. The highest BCUT2D eigenvalue weighted by Gasteiger charge is 2.11. The molecule has 0 aliphatic heterocycles. The number of carbonyl (C=O) groups excluding carboxylic acids is 1. The first-order chi connectivity index (χ1) is 10.7. The maximum atomic E-state index is 12.9. The van der Waals surface area contributed by atoms with Gasteiger partial charge in [-0.3, -0.25) is 4.79 Å². The summed E-state index contributed by atoms with van der Waals surface area (Å²) in [5.41, 5.74) is 2.37. The molecule has 116 valence electrons. The van der Waals surface area contributed by atoms with Gasteiger partial charge < -0.3 is 0 Å². The molecule has 0 amide bonds. The van der Waals surface area contributed by atoms with Crippen molar-refractivity contribution in [2.75, 3.05) is 0 Å². The van der Waals surface area contributed by atoms with Crippen molar-refractivity contribution in [3.63, 3.8) is 0 Å². The first-order valence-corrected chi connectivity index (χ1v) is 6.92. The molecule has 0 atom stereocenters. The zero-order valence-corrected chi connectivity index (χ0v) is 13.9. The van der Waals surface area contributed by atoms with Crippen LogP contribution in [0.3, 0.4) is 0 Å². The molecule has 3 rings (SSSR count). The molecule has 3 nitrogen and oxygen atoms in total. The van der Waals surface area contributed by atoms with Crippen molar-refractivity contribution in [2.45, 2.75) is 6.54 Å². The summed E-state index contributed by atoms with van der Waals surface area (Å²) in [7, 11) is 0. The molecule has 0 aliphatic rings. The number of halogens is 2. The number of rotatable bonds is 4. The monoisotopic (exact) mass is 373 g/mol. The fraction of sp³-hybridized carbons (Fsp3) is 0.0556. The minimum Gasteiger partial charge on any atom is -0.290 e. The third kappa shape index (κ3) is 4.29.